The lowest BCUT2D eigenvalue weighted by Crippen LogP contribution is -2.12. The second-order valence-corrected chi connectivity index (χ2v) is 4.92. The van der Waals surface area contributed by atoms with Gasteiger partial charge in [-0.3, -0.25) is 0 Å². The molecule has 80 valence electrons. The maximum atomic E-state index is 5.63. The van der Waals surface area contributed by atoms with Crippen molar-refractivity contribution in [3.63, 3.8) is 0 Å². The van der Waals surface area contributed by atoms with Crippen molar-refractivity contribution in [1.82, 2.24) is 4.98 Å². The molecule has 2 aromatic rings. The molecule has 0 saturated heterocycles. The van der Waals surface area contributed by atoms with Crippen molar-refractivity contribution in [3.05, 3.63) is 34.4 Å². The van der Waals surface area contributed by atoms with E-state index < -0.39 is 0 Å². The predicted molar refractivity (Wildman–Crippen MR) is 67.9 cm³/mol. The molecule has 1 heterocycles. The Bertz CT molecular complexity index is 462. The highest BCUT2D eigenvalue weighted by Gasteiger charge is 2.05. The summed E-state index contributed by atoms with van der Waals surface area (Å²) in [7, 11) is 0. The Balaban J connectivity index is 2.33. The number of aromatic amines is 1. The summed E-state index contributed by atoms with van der Waals surface area (Å²) in [6.07, 6.45) is 3.02. The summed E-state index contributed by atoms with van der Waals surface area (Å²) in [5.74, 6) is 0.542. The number of nitrogens with two attached hydrogens (primary N) is 1. The summed E-state index contributed by atoms with van der Waals surface area (Å²) in [6, 6.07) is 6.51. The first-order valence-corrected chi connectivity index (χ1v) is 5.95. The second kappa shape index (κ2) is 4.37. The van der Waals surface area contributed by atoms with Crippen LogP contribution in [-0.2, 0) is 6.42 Å². The lowest BCUT2D eigenvalue weighted by Gasteiger charge is -2.08. The summed E-state index contributed by atoms with van der Waals surface area (Å²) >= 11 is 3.53. The van der Waals surface area contributed by atoms with Crippen LogP contribution in [0.25, 0.3) is 10.9 Å². The van der Waals surface area contributed by atoms with Crippen LogP contribution in [0.4, 0.5) is 0 Å². The van der Waals surface area contributed by atoms with Crippen LogP contribution in [0.5, 0.6) is 0 Å². The highest BCUT2D eigenvalue weighted by Crippen LogP contribution is 2.25. The van der Waals surface area contributed by atoms with Gasteiger partial charge in [0, 0.05) is 21.6 Å². The predicted octanol–water partition coefficient (Wildman–Crippen LogP) is 3.07. The van der Waals surface area contributed by atoms with Crippen molar-refractivity contribution in [1.29, 1.82) is 0 Å². The average Bonchev–Trinajstić information content (AvgIpc) is 2.60. The monoisotopic (exact) mass is 266 g/mol. The first-order valence-electron chi connectivity index (χ1n) is 5.16. The number of fused-ring (bicyclic) bond motifs is 1. The van der Waals surface area contributed by atoms with Gasteiger partial charge in [0.15, 0.2) is 0 Å². The van der Waals surface area contributed by atoms with Crippen molar-refractivity contribution >= 4 is 26.8 Å². The minimum atomic E-state index is 0.542. The highest BCUT2D eigenvalue weighted by molar-refractivity contribution is 9.10. The summed E-state index contributed by atoms with van der Waals surface area (Å²) < 4.78 is 1.12. The number of H-pyrrole nitrogens is 1. The van der Waals surface area contributed by atoms with Gasteiger partial charge in [0.2, 0.25) is 0 Å². The maximum absolute atomic E-state index is 5.63. The van der Waals surface area contributed by atoms with Gasteiger partial charge in [-0.2, -0.15) is 0 Å². The fourth-order valence-corrected chi connectivity index (χ4v) is 2.19. The summed E-state index contributed by atoms with van der Waals surface area (Å²) in [5, 5.41) is 1.25. The van der Waals surface area contributed by atoms with Crippen LogP contribution in [0.15, 0.2) is 28.9 Å². The number of halogens is 1. The maximum Gasteiger partial charge on any atom is 0.0465 e. The minimum Gasteiger partial charge on any atom is -0.360 e. The molecule has 0 amide bonds. The van der Waals surface area contributed by atoms with Crippen molar-refractivity contribution < 1.29 is 0 Å². The van der Waals surface area contributed by atoms with E-state index in [1.807, 2.05) is 6.20 Å². The van der Waals surface area contributed by atoms with Crippen LogP contribution >= 0.6 is 15.9 Å². The molecule has 1 atom stereocenters. The first-order chi connectivity index (χ1) is 7.20. The standard InChI is InChI=1S/C12H15BrN2/c1-8(6-14)4-9-2-3-12-10(5-9)11(13)7-15-12/h2-3,5,7-8,15H,4,6,14H2,1H3. The molecule has 0 bridgehead atoms. The lowest BCUT2D eigenvalue weighted by molar-refractivity contribution is 0.593. The number of hydrogen-bond donors (Lipinski definition) is 2. The molecule has 1 unspecified atom stereocenters. The van der Waals surface area contributed by atoms with E-state index in [9.17, 15) is 0 Å². The van der Waals surface area contributed by atoms with Gasteiger partial charge in [0.05, 0.1) is 0 Å². The quantitative estimate of drug-likeness (QED) is 0.881. The Labute approximate surface area is 98.0 Å². The highest BCUT2D eigenvalue weighted by atomic mass is 79.9. The SMILES string of the molecule is CC(CN)Cc1ccc2[nH]cc(Br)c2c1. The van der Waals surface area contributed by atoms with Crippen molar-refractivity contribution in [2.45, 2.75) is 13.3 Å². The van der Waals surface area contributed by atoms with E-state index in [1.54, 1.807) is 0 Å². The third kappa shape index (κ3) is 2.24. The Hall–Kier alpha value is -0.800. The first kappa shape index (κ1) is 10.7. The van der Waals surface area contributed by atoms with E-state index in [0.29, 0.717) is 5.92 Å². The zero-order valence-electron chi connectivity index (χ0n) is 8.76. The molecule has 0 saturated carbocycles. The molecule has 0 aliphatic heterocycles. The number of rotatable bonds is 3. The van der Waals surface area contributed by atoms with Crippen LogP contribution in [0.1, 0.15) is 12.5 Å². The van der Waals surface area contributed by atoms with Gasteiger partial charge in [-0.15, -0.1) is 0 Å². The molecule has 3 heteroatoms. The number of benzene rings is 1. The smallest absolute Gasteiger partial charge is 0.0465 e. The van der Waals surface area contributed by atoms with Crippen molar-refractivity contribution in [3.8, 4) is 0 Å². The number of aromatic nitrogens is 1. The van der Waals surface area contributed by atoms with Gasteiger partial charge in [0.25, 0.3) is 0 Å². The Kier molecular flexibility index (Phi) is 3.12. The summed E-state index contributed by atoms with van der Waals surface area (Å²) in [4.78, 5) is 3.21. The molecular weight excluding hydrogens is 252 g/mol. The van der Waals surface area contributed by atoms with Crippen LogP contribution in [0, 0.1) is 5.92 Å². The van der Waals surface area contributed by atoms with Gasteiger partial charge in [-0.05, 0) is 52.5 Å². The van der Waals surface area contributed by atoms with Gasteiger partial charge in [-0.25, -0.2) is 0 Å². The van der Waals surface area contributed by atoms with Crippen molar-refractivity contribution in [2.75, 3.05) is 6.54 Å². The zero-order chi connectivity index (χ0) is 10.8. The number of hydrogen-bond acceptors (Lipinski definition) is 1. The van der Waals surface area contributed by atoms with Gasteiger partial charge < -0.3 is 10.7 Å². The molecule has 0 radical (unpaired) electrons. The Morgan fingerprint density at radius 3 is 3.00 bits per heavy atom. The normalized spacial score (nSPS) is 13.3. The molecule has 0 fully saturated rings. The van der Waals surface area contributed by atoms with Crippen LogP contribution in [-0.4, -0.2) is 11.5 Å². The summed E-state index contributed by atoms with van der Waals surface area (Å²) in [5.41, 5.74) is 8.15. The third-order valence-electron chi connectivity index (χ3n) is 2.68. The van der Waals surface area contributed by atoms with E-state index in [4.69, 9.17) is 5.73 Å². The lowest BCUT2D eigenvalue weighted by atomic mass is 10.0. The zero-order valence-corrected chi connectivity index (χ0v) is 10.3. The van der Waals surface area contributed by atoms with E-state index in [-0.39, 0.29) is 0 Å². The molecule has 2 nitrogen and oxygen atoms in total. The van der Waals surface area contributed by atoms with E-state index in [0.717, 1.165) is 17.4 Å². The van der Waals surface area contributed by atoms with Crippen LogP contribution in [0.2, 0.25) is 0 Å². The van der Waals surface area contributed by atoms with E-state index in [2.05, 4.69) is 46.0 Å². The molecular formula is C12H15BrN2. The molecule has 0 spiro atoms. The van der Waals surface area contributed by atoms with Gasteiger partial charge >= 0.3 is 0 Å². The second-order valence-electron chi connectivity index (χ2n) is 4.06. The van der Waals surface area contributed by atoms with E-state index >= 15 is 0 Å². The number of nitrogens with one attached hydrogen (secondary N) is 1. The molecule has 3 N–H and O–H groups in total. The van der Waals surface area contributed by atoms with Crippen LogP contribution < -0.4 is 5.73 Å². The van der Waals surface area contributed by atoms with Gasteiger partial charge in [0.1, 0.15) is 0 Å². The molecule has 1 aromatic heterocycles. The third-order valence-corrected chi connectivity index (χ3v) is 3.34. The molecule has 0 aliphatic carbocycles. The topological polar surface area (TPSA) is 41.8 Å². The molecule has 2 rings (SSSR count). The fraction of sp³-hybridized carbons (Fsp3) is 0.333. The minimum absolute atomic E-state index is 0.542. The van der Waals surface area contributed by atoms with E-state index in [1.165, 1.54) is 16.5 Å². The average molecular weight is 267 g/mol. The summed E-state index contributed by atoms with van der Waals surface area (Å²) in [6.45, 7) is 2.92. The Morgan fingerprint density at radius 2 is 2.27 bits per heavy atom. The fourth-order valence-electron chi connectivity index (χ4n) is 1.75. The van der Waals surface area contributed by atoms with Crippen LogP contribution in [0.3, 0.4) is 0 Å². The van der Waals surface area contributed by atoms with Gasteiger partial charge in [-0.1, -0.05) is 13.0 Å². The molecule has 1 aromatic carbocycles. The molecule has 0 aliphatic rings. The molecule has 15 heavy (non-hydrogen) atoms. The van der Waals surface area contributed by atoms with Crippen molar-refractivity contribution in [2.24, 2.45) is 11.7 Å². The largest absolute Gasteiger partial charge is 0.360 e. The Morgan fingerprint density at radius 1 is 1.47 bits per heavy atom.